The molecular weight excluding hydrogens is 722 g/mol. The van der Waals surface area contributed by atoms with Gasteiger partial charge in [-0.15, -0.1) is 0 Å². The van der Waals surface area contributed by atoms with E-state index < -0.39 is 47.4 Å². The topological polar surface area (TPSA) is 129 Å². The van der Waals surface area contributed by atoms with Gasteiger partial charge in [0.2, 0.25) is 0 Å². The van der Waals surface area contributed by atoms with Crippen LogP contribution in [-0.4, -0.2) is 73.7 Å². The molecule has 0 fully saturated rings. The van der Waals surface area contributed by atoms with Gasteiger partial charge in [-0.1, -0.05) is 0 Å². The normalized spacial score (nSPS) is 12.7. The van der Waals surface area contributed by atoms with Gasteiger partial charge >= 0.3 is 285 Å². The van der Waals surface area contributed by atoms with Crippen LogP contribution in [0.25, 0.3) is 0 Å². The molecule has 2 aromatic carbocycles. The monoisotopic (exact) mass is 772 g/mol. The van der Waals surface area contributed by atoms with Gasteiger partial charge in [0.1, 0.15) is 0 Å². The third kappa shape index (κ3) is 18.2. The number of nitrogens with one attached hydrogen (secondary N) is 2. The zero-order chi connectivity index (χ0) is 34.0. The Morgan fingerprint density at radius 2 is 0.957 bits per heavy atom. The van der Waals surface area contributed by atoms with E-state index in [-0.39, 0.29) is 13.2 Å². The quantitative estimate of drug-likeness (QED) is 0.0871. The molecule has 0 aliphatic heterocycles. The van der Waals surface area contributed by atoms with E-state index in [0.717, 1.165) is 34.6 Å². The van der Waals surface area contributed by atoms with Crippen molar-refractivity contribution in [1.29, 1.82) is 0 Å². The molecular formula is C34H48N2O8Se2. The number of rotatable bonds is 17. The summed E-state index contributed by atoms with van der Waals surface area (Å²) in [5.74, 6) is -0.963. The molecule has 0 aliphatic rings. The number of esters is 2. The average molecular weight is 771 g/mol. The Kier molecular flexibility index (Phi) is 17.2. The number of benzene rings is 2. The molecule has 0 unspecified atom stereocenters. The minimum absolute atomic E-state index is 0.110. The number of amides is 2. The molecule has 2 aromatic rings. The maximum atomic E-state index is 12.8. The Morgan fingerprint density at radius 1 is 0.609 bits per heavy atom. The zero-order valence-corrected chi connectivity index (χ0v) is 31.1. The second-order valence-electron chi connectivity index (χ2n) is 12.5. The van der Waals surface area contributed by atoms with Crippen LogP contribution in [0.3, 0.4) is 0 Å². The van der Waals surface area contributed by atoms with Crippen molar-refractivity contribution in [3.63, 3.8) is 0 Å². The fourth-order valence-corrected chi connectivity index (χ4v) is 10.7. The number of alkyl carbamates (subject to hydrolysis) is 2. The van der Waals surface area contributed by atoms with Gasteiger partial charge in [0.25, 0.3) is 0 Å². The first-order chi connectivity index (χ1) is 21.7. The van der Waals surface area contributed by atoms with Crippen molar-refractivity contribution in [2.45, 2.75) is 114 Å². The Morgan fingerprint density at radius 3 is 1.28 bits per heavy atom. The van der Waals surface area contributed by atoms with Crippen molar-refractivity contribution in [3.8, 4) is 0 Å². The molecule has 10 nitrogen and oxygen atoms in total. The van der Waals surface area contributed by atoms with Crippen molar-refractivity contribution >= 4 is 50.4 Å². The van der Waals surface area contributed by atoms with Crippen molar-refractivity contribution in [3.05, 3.63) is 71.8 Å². The van der Waals surface area contributed by atoms with E-state index in [1.165, 1.54) is 0 Å². The number of ether oxygens (including phenoxy) is 4. The van der Waals surface area contributed by atoms with Crippen molar-refractivity contribution < 1.29 is 38.1 Å². The van der Waals surface area contributed by atoms with Crippen molar-refractivity contribution in [2.24, 2.45) is 0 Å². The minimum atomic E-state index is -0.798. The Bertz CT molecular complexity index is 1120. The van der Waals surface area contributed by atoms with E-state index in [1.54, 1.807) is 41.5 Å². The maximum absolute atomic E-state index is 12.8. The van der Waals surface area contributed by atoms with E-state index in [4.69, 9.17) is 18.9 Å². The fourth-order valence-electron chi connectivity index (χ4n) is 3.87. The number of carbonyl (C=O) groups excluding carboxylic acids is 4. The van der Waals surface area contributed by atoms with Gasteiger partial charge in [0.15, 0.2) is 0 Å². The summed E-state index contributed by atoms with van der Waals surface area (Å²) in [6.45, 7) is 11.0. The molecule has 0 bridgehead atoms. The second kappa shape index (κ2) is 20.2. The Labute approximate surface area is 284 Å². The number of carbonyl (C=O) groups is 4. The summed E-state index contributed by atoms with van der Waals surface area (Å²) in [4.78, 5) is 50.5. The molecule has 0 radical (unpaired) electrons. The number of hydrogen-bond donors (Lipinski definition) is 2. The standard InChI is InChI=1S/C34H48N2O8Se2/c1-33(2,3)43-29(37)27(35-31(39)41-23-25-15-9-7-10-16-25)19-13-21-45-46-22-14-20-28(30(38)44-34(4,5)6)36-32(40)42-24-26-17-11-8-12-18-26/h7-12,15-18,27-28H,13-14,19-24H2,1-6H3,(H,35,39)(H,36,40)/t27-,28-/m0/s1. The van der Waals surface area contributed by atoms with Crippen LogP contribution in [0.2, 0.25) is 10.6 Å². The van der Waals surface area contributed by atoms with Crippen molar-refractivity contribution in [2.75, 3.05) is 0 Å². The van der Waals surface area contributed by atoms with Crippen LogP contribution in [0.5, 0.6) is 0 Å². The molecule has 0 saturated heterocycles. The summed E-state index contributed by atoms with van der Waals surface area (Å²) >= 11 is 0.728. The van der Waals surface area contributed by atoms with Gasteiger partial charge in [0.05, 0.1) is 0 Å². The van der Waals surface area contributed by atoms with Gasteiger partial charge in [-0.25, -0.2) is 0 Å². The van der Waals surface area contributed by atoms with E-state index >= 15 is 0 Å². The zero-order valence-electron chi connectivity index (χ0n) is 27.7. The molecule has 0 spiro atoms. The van der Waals surface area contributed by atoms with Gasteiger partial charge in [-0.3, -0.25) is 0 Å². The summed E-state index contributed by atoms with van der Waals surface area (Å²) < 4.78 is 21.7. The number of hydrogen-bond acceptors (Lipinski definition) is 8. The van der Waals surface area contributed by atoms with Crippen LogP contribution in [0.15, 0.2) is 60.7 Å². The molecule has 46 heavy (non-hydrogen) atoms. The van der Waals surface area contributed by atoms with E-state index in [1.807, 2.05) is 60.7 Å². The van der Waals surface area contributed by atoms with Crippen LogP contribution in [0.1, 0.15) is 78.4 Å². The van der Waals surface area contributed by atoms with Gasteiger partial charge in [-0.05, 0) is 0 Å². The first-order valence-electron chi connectivity index (χ1n) is 15.4. The first-order valence-corrected chi connectivity index (χ1v) is 22.1. The first kappa shape index (κ1) is 39.1. The SMILES string of the molecule is CC(C)(C)OC(=O)[C@H](CCC[Se][Se]CCC[C@H](NC(=O)OCc1ccccc1)C(=O)OC(C)(C)C)NC(=O)OCc1ccccc1. The van der Waals surface area contributed by atoms with Crippen molar-refractivity contribution in [1.82, 2.24) is 10.6 Å². The van der Waals surface area contributed by atoms with E-state index in [2.05, 4.69) is 10.6 Å². The van der Waals surface area contributed by atoms with E-state index in [0.29, 0.717) is 39.1 Å². The molecule has 254 valence electrons. The Balaban J connectivity index is 1.77. The van der Waals surface area contributed by atoms with Gasteiger partial charge in [-0.2, -0.15) is 0 Å². The molecule has 0 aliphatic carbocycles. The van der Waals surface area contributed by atoms with Crippen LogP contribution >= 0.6 is 0 Å². The summed E-state index contributed by atoms with van der Waals surface area (Å²) in [5, 5.41) is 7.24. The molecule has 0 heterocycles. The predicted octanol–water partition coefficient (Wildman–Crippen LogP) is 5.98. The second-order valence-corrected chi connectivity index (χ2v) is 20.4. The molecule has 2 rings (SSSR count). The van der Waals surface area contributed by atoms with Gasteiger partial charge in [0, 0.05) is 0 Å². The fraction of sp³-hybridized carbons (Fsp3) is 0.529. The van der Waals surface area contributed by atoms with Crippen LogP contribution in [-0.2, 0) is 41.8 Å². The summed E-state index contributed by atoms with van der Waals surface area (Å²) in [6.07, 6.45) is 1.07. The predicted molar refractivity (Wildman–Crippen MR) is 178 cm³/mol. The van der Waals surface area contributed by atoms with Gasteiger partial charge < -0.3 is 0 Å². The van der Waals surface area contributed by atoms with E-state index in [9.17, 15) is 19.2 Å². The molecule has 12 heteroatoms. The summed E-state index contributed by atoms with van der Waals surface area (Å²) in [7, 11) is 0. The third-order valence-electron chi connectivity index (χ3n) is 5.92. The summed E-state index contributed by atoms with van der Waals surface area (Å²) in [6, 6.07) is 17.1. The van der Waals surface area contributed by atoms with Crippen LogP contribution in [0, 0.1) is 0 Å². The molecule has 2 atom stereocenters. The molecule has 0 aromatic heterocycles. The third-order valence-corrected chi connectivity index (χ3v) is 13.6. The van der Waals surface area contributed by atoms with Crippen LogP contribution in [0.4, 0.5) is 9.59 Å². The Hall–Kier alpha value is -3.04. The molecule has 2 amide bonds. The van der Waals surface area contributed by atoms with Crippen LogP contribution < -0.4 is 10.6 Å². The summed E-state index contributed by atoms with van der Waals surface area (Å²) in [5.41, 5.74) is 0.353. The molecule has 0 saturated carbocycles. The average Bonchev–Trinajstić information content (AvgIpc) is 2.98. The molecule has 2 N–H and O–H groups in total.